The smallest absolute Gasteiger partial charge is 0.252 e. The fourth-order valence-electron chi connectivity index (χ4n) is 3.20. The molecule has 1 fully saturated rings. The summed E-state index contributed by atoms with van der Waals surface area (Å²) in [4.78, 5) is 27.2. The number of benzene rings is 2. The zero-order valence-electron chi connectivity index (χ0n) is 15.0. The molecule has 2 aromatic rings. The van der Waals surface area contributed by atoms with E-state index in [2.05, 4.69) is 5.32 Å². The number of likely N-dealkylation sites (N-methyl/N-ethyl adjacent to an activating group) is 1. The highest BCUT2D eigenvalue weighted by Gasteiger charge is 2.36. The molecule has 2 atom stereocenters. The predicted molar refractivity (Wildman–Crippen MR) is 103 cm³/mol. The molecule has 0 bridgehead atoms. The average molecular weight is 386 g/mol. The number of hydrogen-bond acceptors (Lipinski definition) is 4. The summed E-state index contributed by atoms with van der Waals surface area (Å²) in [5, 5.41) is 2.79. The van der Waals surface area contributed by atoms with Crippen LogP contribution in [-0.4, -0.2) is 49.7 Å². The predicted octanol–water partition coefficient (Wildman–Crippen LogP) is 1.80. The van der Waals surface area contributed by atoms with Gasteiger partial charge in [-0.2, -0.15) is 0 Å². The van der Waals surface area contributed by atoms with Gasteiger partial charge < -0.3 is 10.2 Å². The third kappa shape index (κ3) is 4.54. The van der Waals surface area contributed by atoms with Gasteiger partial charge in [0.2, 0.25) is 5.91 Å². The Labute approximate surface area is 159 Å². The Bertz CT molecular complexity index is 914. The molecule has 0 aliphatic carbocycles. The molecule has 2 aromatic carbocycles. The second kappa shape index (κ2) is 7.92. The molecule has 27 heavy (non-hydrogen) atoms. The van der Waals surface area contributed by atoms with Crippen molar-refractivity contribution in [3.8, 4) is 0 Å². The van der Waals surface area contributed by atoms with Crippen LogP contribution in [0, 0.1) is 0 Å². The molecule has 0 spiro atoms. The van der Waals surface area contributed by atoms with Gasteiger partial charge in [0, 0.05) is 18.7 Å². The van der Waals surface area contributed by atoms with E-state index in [1.807, 2.05) is 12.1 Å². The summed E-state index contributed by atoms with van der Waals surface area (Å²) in [5.74, 6) is -0.636. The van der Waals surface area contributed by atoms with Crippen LogP contribution in [0.3, 0.4) is 0 Å². The molecule has 2 amide bonds. The van der Waals surface area contributed by atoms with E-state index in [9.17, 15) is 18.0 Å². The van der Waals surface area contributed by atoms with Gasteiger partial charge >= 0.3 is 0 Å². The number of nitrogens with zero attached hydrogens (tertiary/aromatic N) is 1. The molecule has 1 saturated heterocycles. The zero-order valence-corrected chi connectivity index (χ0v) is 15.9. The van der Waals surface area contributed by atoms with Crippen LogP contribution in [0.2, 0.25) is 0 Å². The lowest BCUT2D eigenvalue weighted by Gasteiger charge is -2.29. The zero-order chi connectivity index (χ0) is 19.4. The molecule has 3 rings (SSSR count). The highest BCUT2D eigenvalue weighted by molar-refractivity contribution is 7.91. The second-order valence-electron chi connectivity index (χ2n) is 6.69. The number of amides is 2. The first-order valence-corrected chi connectivity index (χ1v) is 10.6. The van der Waals surface area contributed by atoms with Gasteiger partial charge in [0.1, 0.15) is 6.04 Å². The standard InChI is InChI=1S/C20H22N2O4S/c1-22(17-12-13-27(25,26)14-17)20(24)18(15-8-4-2-5-9-15)21-19(23)16-10-6-3-7-11-16/h2-11,17-18H,12-14H2,1H3,(H,21,23). The quantitative estimate of drug-likeness (QED) is 0.849. The van der Waals surface area contributed by atoms with Crippen LogP contribution < -0.4 is 5.32 Å². The molecule has 6 nitrogen and oxygen atoms in total. The van der Waals surface area contributed by atoms with E-state index in [1.165, 1.54) is 4.90 Å². The molecule has 0 aromatic heterocycles. The Hall–Kier alpha value is -2.67. The first-order chi connectivity index (χ1) is 12.9. The number of nitrogens with one attached hydrogen (secondary N) is 1. The molecule has 1 N–H and O–H groups in total. The number of carbonyl (C=O) groups is 2. The van der Waals surface area contributed by atoms with Gasteiger partial charge in [0.05, 0.1) is 11.5 Å². The summed E-state index contributed by atoms with van der Waals surface area (Å²) in [7, 11) is -1.52. The lowest BCUT2D eigenvalue weighted by Crippen LogP contribution is -2.46. The Morgan fingerprint density at radius 1 is 1.04 bits per heavy atom. The van der Waals surface area contributed by atoms with Crippen molar-refractivity contribution in [3.63, 3.8) is 0 Å². The first kappa shape index (κ1) is 19.1. The Kier molecular flexibility index (Phi) is 5.60. The van der Waals surface area contributed by atoms with E-state index < -0.39 is 15.9 Å². The SMILES string of the molecule is CN(C(=O)C(NC(=O)c1ccccc1)c1ccccc1)C1CCS(=O)(=O)C1. The summed E-state index contributed by atoms with van der Waals surface area (Å²) in [6, 6.07) is 16.4. The number of rotatable bonds is 5. The lowest BCUT2D eigenvalue weighted by atomic mass is 10.0. The van der Waals surface area contributed by atoms with E-state index in [4.69, 9.17) is 0 Å². The molecule has 1 aliphatic heterocycles. The third-order valence-electron chi connectivity index (χ3n) is 4.80. The third-order valence-corrected chi connectivity index (χ3v) is 6.55. The molecule has 2 unspecified atom stereocenters. The van der Waals surface area contributed by atoms with Crippen LogP contribution in [0.1, 0.15) is 28.4 Å². The van der Waals surface area contributed by atoms with Crippen LogP contribution in [-0.2, 0) is 14.6 Å². The van der Waals surface area contributed by atoms with Gasteiger partial charge in [-0.1, -0.05) is 48.5 Å². The van der Waals surface area contributed by atoms with Crippen molar-refractivity contribution >= 4 is 21.7 Å². The largest absolute Gasteiger partial charge is 0.340 e. The summed E-state index contributed by atoms with van der Waals surface area (Å²) in [6.45, 7) is 0. The van der Waals surface area contributed by atoms with Crippen molar-refractivity contribution in [2.45, 2.75) is 18.5 Å². The average Bonchev–Trinajstić information content (AvgIpc) is 3.06. The highest BCUT2D eigenvalue weighted by atomic mass is 32.2. The molecular formula is C20H22N2O4S. The van der Waals surface area contributed by atoms with Crippen LogP contribution in [0.15, 0.2) is 60.7 Å². The molecular weight excluding hydrogens is 364 g/mol. The number of carbonyl (C=O) groups excluding carboxylic acids is 2. The van der Waals surface area contributed by atoms with Crippen LogP contribution in [0.5, 0.6) is 0 Å². The molecule has 0 radical (unpaired) electrons. The summed E-state index contributed by atoms with van der Waals surface area (Å²) < 4.78 is 23.5. The summed E-state index contributed by atoms with van der Waals surface area (Å²) in [6.07, 6.45) is 0.415. The van der Waals surface area contributed by atoms with Gasteiger partial charge in [0.15, 0.2) is 9.84 Å². The maximum atomic E-state index is 13.1. The number of sulfone groups is 1. The topological polar surface area (TPSA) is 83.6 Å². The lowest BCUT2D eigenvalue weighted by molar-refractivity contribution is -0.133. The molecule has 1 aliphatic rings. The molecule has 142 valence electrons. The van der Waals surface area contributed by atoms with E-state index in [0.717, 1.165) is 0 Å². The fraction of sp³-hybridized carbons (Fsp3) is 0.300. The summed E-state index contributed by atoms with van der Waals surface area (Å²) >= 11 is 0. The highest BCUT2D eigenvalue weighted by Crippen LogP contribution is 2.22. The first-order valence-electron chi connectivity index (χ1n) is 8.75. The van der Waals surface area contributed by atoms with Gasteiger partial charge in [-0.05, 0) is 24.1 Å². The molecule has 7 heteroatoms. The second-order valence-corrected chi connectivity index (χ2v) is 8.92. The van der Waals surface area contributed by atoms with E-state index in [0.29, 0.717) is 17.5 Å². The normalized spacial score (nSPS) is 19.2. The maximum absolute atomic E-state index is 13.1. The van der Waals surface area contributed by atoms with E-state index >= 15 is 0 Å². The minimum atomic E-state index is -3.11. The minimum Gasteiger partial charge on any atom is -0.340 e. The van der Waals surface area contributed by atoms with Crippen LogP contribution in [0.25, 0.3) is 0 Å². The van der Waals surface area contributed by atoms with Gasteiger partial charge in [-0.25, -0.2) is 8.42 Å². The minimum absolute atomic E-state index is 0.0383. The Morgan fingerprint density at radius 2 is 1.63 bits per heavy atom. The fourth-order valence-corrected chi connectivity index (χ4v) is 4.98. The monoisotopic (exact) mass is 386 g/mol. The van der Waals surface area contributed by atoms with Crippen molar-refractivity contribution in [3.05, 3.63) is 71.8 Å². The van der Waals surface area contributed by atoms with Gasteiger partial charge in [-0.3, -0.25) is 9.59 Å². The molecule has 0 saturated carbocycles. The van der Waals surface area contributed by atoms with Crippen molar-refractivity contribution in [1.82, 2.24) is 10.2 Å². The van der Waals surface area contributed by atoms with Crippen molar-refractivity contribution in [2.24, 2.45) is 0 Å². The Balaban J connectivity index is 1.84. The number of hydrogen-bond donors (Lipinski definition) is 1. The Morgan fingerprint density at radius 3 is 2.19 bits per heavy atom. The summed E-state index contributed by atoms with van der Waals surface area (Å²) in [5.41, 5.74) is 1.11. The van der Waals surface area contributed by atoms with Crippen molar-refractivity contribution in [2.75, 3.05) is 18.6 Å². The van der Waals surface area contributed by atoms with Crippen molar-refractivity contribution < 1.29 is 18.0 Å². The van der Waals surface area contributed by atoms with Gasteiger partial charge in [0.25, 0.3) is 5.91 Å². The van der Waals surface area contributed by atoms with E-state index in [1.54, 1.807) is 55.6 Å². The maximum Gasteiger partial charge on any atom is 0.252 e. The van der Waals surface area contributed by atoms with Gasteiger partial charge in [-0.15, -0.1) is 0 Å². The van der Waals surface area contributed by atoms with Crippen molar-refractivity contribution in [1.29, 1.82) is 0 Å². The molecule has 1 heterocycles. The van der Waals surface area contributed by atoms with Crippen LogP contribution in [0.4, 0.5) is 0 Å². The van der Waals surface area contributed by atoms with E-state index in [-0.39, 0.29) is 29.4 Å². The van der Waals surface area contributed by atoms with Crippen LogP contribution >= 0.6 is 0 Å².